The van der Waals surface area contributed by atoms with Gasteiger partial charge in [-0.2, -0.15) is 0 Å². The molecule has 0 aromatic heterocycles. The van der Waals surface area contributed by atoms with E-state index in [1.165, 1.54) is 24.3 Å². The molecule has 2 aromatic carbocycles. The zero-order chi connectivity index (χ0) is 20.0. The lowest BCUT2D eigenvalue weighted by atomic mass is 10.2. The van der Waals surface area contributed by atoms with Gasteiger partial charge in [-0.15, -0.1) is 0 Å². The van der Waals surface area contributed by atoms with Crippen LogP contribution in [0.1, 0.15) is 11.1 Å². The quantitative estimate of drug-likeness (QED) is 0.651. The van der Waals surface area contributed by atoms with E-state index in [1.807, 2.05) is 19.0 Å². The van der Waals surface area contributed by atoms with Crippen LogP contribution in [-0.2, 0) is 31.9 Å². The summed E-state index contributed by atoms with van der Waals surface area (Å²) in [5.74, 6) is 0. The fraction of sp³-hybridized carbons (Fsp3) is 0.250. The van der Waals surface area contributed by atoms with Gasteiger partial charge in [0.05, 0.1) is 9.79 Å². The summed E-state index contributed by atoms with van der Waals surface area (Å²) in [4.78, 5) is 2.30. The van der Waals surface area contributed by atoms with Gasteiger partial charge in [-0.05, 0) is 49.5 Å². The Bertz CT molecular complexity index is 911. The summed E-state index contributed by atoms with van der Waals surface area (Å²) in [7, 11) is -3.20. The van der Waals surface area contributed by atoms with Crippen LogP contribution in [0, 0.1) is 0 Å². The number of nitrogens with two attached hydrogens (primary N) is 2. The largest absolute Gasteiger partial charge is 0.305 e. The Labute approximate surface area is 163 Å². The molecule has 0 spiro atoms. The van der Waals surface area contributed by atoms with E-state index < -0.39 is 20.0 Å². The maximum atomic E-state index is 10.9. The number of benzene rings is 2. The SMILES string of the molecule is CN(C)Cc1ccc(S(N)(=O)=O)cc1.NS(=O)(=O)c1ccc(CBr)cc1. The minimum absolute atomic E-state index is 0.146. The molecule has 0 aliphatic heterocycles. The van der Waals surface area contributed by atoms with Crippen LogP contribution in [-0.4, -0.2) is 35.8 Å². The molecule has 0 unspecified atom stereocenters. The highest BCUT2D eigenvalue weighted by Gasteiger charge is 2.07. The van der Waals surface area contributed by atoms with Gasteiger partial charge < -0.3 is 4.90 Å². The molecule has 7 nitrogen and oxygen atoms in total. The second-order valence-corrected chi connectivity index (χ2v) is 9.43. The first-order valence-electron chi connectivity index (χ1n) is 7.37. The van der Waals surface area contributed by atoms with E-state index in [-0.39, 0.29) is 9.79 Å². The van der Waals surface area contributed by atoms with Crippen LogP contribution in [0.3, 0.4) is 0 Å². The second-order valence-electron chi connectivity index (χ2n) is 5.75. The summed E-state index contributed by atoms with van der Waals surface area (Å²) in [5.41, 5.74) is 2.07. The van der Waals surface area contributed by atoms with E-state index in [4.69, 9.17) is 10.3 Å². The predicted octanol–water partition coefficient (Wildman–Crippen LogP) is 1.62. The number of alkyl halides is 1. The Hall–Kier alpha value is -1.30. The van der Waals surface area contributed by atoms with Gasteiger partial charge in [0.25, 0.3) is 0 Å². The van der Waals surface area contributed by atoms with Gasteiger partial charge in [-0.1, -0.05) is 40.2 Å². The van der Waals surface area contributed by atoms with Crippen molar-refractivity contribution >= 4 is 36.0 Å². The van der Waals surface area contributed by atoms with E-state index in [9.17, 15) is 16.8 Å². The van der Waals surface area contributed by atoms with Crippen molar-refractivity contribution < 1.29 is 16.8 Å². The highest BCUT2D eigenvalue weighted by molar-refractivity contribution is 9.08. The molecule has 0 fully saturated rings. The highest BCUT2D eigenvalue weighted by Crippen LogP contribution is 2.11. The van der Waals surface area contributed by atoms with Crippen molar-refractivity contribution in [3.05, 3.63) is 59.7 Å². The molecule has 4 N–H and O–H groups in total. The number of primary sulfonamides is 2. The molecular weight excluding hydrogens is 442 g/mol. The molecule has 2 aromatic rings. The number of rotatable bonds is 5. The Morgan fingerprint density at radius 1 is 0.769 bits per heavy atom. The summed E-state index contributed by atoms with van der Waals surface area (Å²) in [6.45, 7) is 0.783. The van der Waals surface area contributed by atoms with Crippen LogP contribution in [0.25, 0.3) is 0 Å². The van der Waals surface area contributed by atoms with Gasteiger partial charge in [0, 0.05) is 11.9 Å². The first kappa shape index (κ1) is 22.7. The highest BCUT2D eigenvalue weighted by atomic mass is 79.9. The lowest BCUT2D eigenvalue weighted by Crippen LogP contribution is -2.13. The minimum Gasteiger partial charge on any atom is -0.305 e. The van der Waals surface area contributed by atoms with Crippen LogP contribution in [0.15, 0.2) is 58.3 Å². The number of nitrogens with zero attached hydrogens (tertiary/aromatic N) is 1. The molecule has 0 saturated carbocycles. The summed E-state index contributed by atoms with van der Waals surface area (Å²) in [6.07, 6.45) is 0. The minimum atomic E-state index is -3.56. The fourth-order valence-electron chi connectivity index (χ4n) is 1.92. The number of halogens is 1. The zero-order valence-corrected chi connectivity index (χ0v) is 17.7. The van der Waals surface area contributed by atoms with Crippen LogP contribution in [0.2, 0.25) is 0 Å². The lowest BCUT2D eigenvalue weighted by Gasteiger charge is -2.09. The summed E-state index contributed by atoms with van der Waals surface area (Å²) >= 11 is 3.25. The average Bonchev–Trinajstić information content (AvgIpc) is 2.54. The van der Waals surface area contributed by atoms with Gasteiger partial charge in [-0.25, -0.2) is 27.1 Å². The fourth-order valence-corrected chi connectivity index (χ4v) is 3.32. The van der Waals surface area contributed by atoms with Crippen LogP contribution >= 0.6 is 15.9 Å². The molecule has 144 valence electrons. The van der Waals surface area contributed by atoms with Gasteiger partial charge in [0.1, 0.15) is 0 Å². The van der Waals surface area contributed by atoms with Gasteiger partial charge >= 0.3 is 0 Å². The Morgan fingerprint density at radius 2 is 1.12 bits per heavy atom. The molecule has 0 bridgehead atoms. The molecule has 0 saturated heterocycles. The van der Waals surface area contributed by atoms with Crippen molar-refractivity contribution in [3.8, 4) is 0 Å². The molecule has 2 rings (SSSR count). The van der Waals surface area contributed by atoms with E-state index in [0.29, 0.717) is 5.33 Å². The molecule has 0 aliphatic rings. The van der Waals surface area contributed by atoms with Crippen molar-refractivity contribution in [2.75, 3.05) is 14.1 Å². The monoisotopic (exact) mass is 463 g/mol. The van der Waals surface area contributed by atoms with Crippen molar-refractivity contribution in [2.45, 2.75) is 21.7 Å². The molecule has 0 radical (unpaired) electrons. The van der Waals surface area contributed by atoms with E-state index in [0.717, 1.165) is 17.7 Å². The number of hydrogen-bond acceptors (Lipinski definition) is 5. The Kier molecular flexibility index (Phi) is 8.38. The van der Waals surface area contributed by atoms with Gasteiger partial charge in [0.2, 0.25) is 20.0 Å². The van der Waals surface area contributed by atoms with Crippen molar-refractivity contribution in [1.82, 2.24) is 4.90 Å². The van der Waals surface area contributed by atoms with Crippen molar-refractivity contribution in [2.24, 2.45) is 10.3 Å². The van der Waals surface area contributed by atoms with Crippen molar-refractivity contribution in [1.29, 1.82) is 0 Å². The summed E-state index contributed by atoms with van der Waals surface area (Å²) in [6, 6.07) is 13.0. The summed E-state index contributed by atoms with van der Waals surface area (Å²) in [5, 5.41) is 10.6. The standard InChI is InChI=1S/C9H14N2O2S.C7H8BrNO2S/c1-11(2)7-8-3-5-9(6-4-8)14(10,12)13;8-5-6-1-3-7(4-2-6)12(9,10)11/h3-6H,7H2,1-2H3,(H2,10,12,13);1-4H,5H2,(H2,9,10,11). The summed E-state index contributed by atoms with van der Waals surface area (Å²) < 4.78 is 43.5. The molecule has 0 aliphatic carbocycles. The third kappa shape index (κ3) is 7.94. The van der Waals surface area contributed by atoms with Gasteiger partial charge in [-0.3, -0.25) is 0 Å². The predicted molar refractivity (Wildman–Crippen MR) is 106 cm³/mol. The maximum Gasteiger partial charge on any atom is 0.238 e. The smallest absolute Gasteiger partial charge is 0.238 e. The van der Waals surface area contributed by atoms with Crippen molar-refractivity contribution in [3.63, 3.8) is 0 Å². The third-order valence-electron chi connectivity index (χ3n) is 3.16. The average molecular weight is 464 g/mol. The Morgan fingerprint density at radius 3 is 1.38 bits per heavy atom. The van der Waals surface area contributed by atoms with Crippen LogP contribution in [0.4, 0.5) is 0 Å². The number of sulfonamides is 2. The molecular formula is C16H22BrN3O4S2. The first-order chi connectivity index (χ1) is 11.9. The normalized spacial score (nSPS) is 11.8. The van der Waals surface area contributed by atoms with E-state index >= 15 is 0 Å². The molecule has 0 amide bonds. The molecule has 26 heavy (non-hydrogen) atoms. The molecule has 10 heteroatoms. The maximum absolute atomic E-state index is 10.9. The lowest BCUT2D eigenvalue weighted by molar-refractivity contribution is 0.402. The third-order valence-corrected chi connectivity index (χ3v) is 5.66. The molecule has 0 heterocycles. The topological polar surface area (TPSA) is 124 Å². The van der Waals surface area contributed by atoms with E-state index in [1.54, 1.807) is 24.3 Å². The van der Waals surface area contributed by atoms with Gasteiger partial charge in [0.15, 0.2) is 0 Å². The Balaban J connectivity index is 0.000000263. The van der Waals surface area contributed by atoms with E-state index in [2.05, 4.69) is 15.9 Å². The second kappa shape index (κ2) is 9.58. The van der Waals surface area contributed by atoms with Crippen LogP contribution in [0.5, 0.6) is 0 Å². The number of hydrogen-bond donors (Lipinski definition) is 2. The zero-order valence-electron chi connectivity index (χ0n) is 14.5. The van der Waals surface area contributed by atoms with Crippen LogP contribution < -0.4 is 10.3 Å². The molecule has 0 atom stereocenters. The first-order valence-corrected chi connectivity index (χ1v) is 11.6.